The van der Waals surface area contributed by atoms with Gasteiger partial charge in [0.25, 0.3) is 0 Å². The van der Waals surface area contributed by atoms with Gasteiger partial charge in [0, 0.05) is 30.9 Å². The topological polar surface area (TPSA) is 69.6 Å². The van der Waals surface area contributed by atoms with E-state index in [1.54, 1.807) is 6.92 Å². The molecule has 0 bridgehead atoms. The molecule has 0 aliphatic heterocycles. The molecule has 1 unspecified atom stereocenters. The summed E-state index contributed by atoms with van der Waals surface area (Å²) in [6.07, 6.45) is 0. The largest absolute Gasteiger partial charge is 0.481 e. The fourth-order valence-electron chi connectivity index (χ4n) is 1.59. The van der Waals surface area contributed by atoms with Crippen LogP contribution in [0.3, 0.4) is 0 Å². The van der Waals surface area contributed by atoms with Gasteiger partial charge in [0.1, 0.15) is 0 Å². The number of nitrogens with one attached hydrogen (secondary N) is 1. The number of nitrogens with zero attached hydrogens (tertiary/aromatic N) is 1. The molecule has 2 amide bonds. The van der Waals surface area contributed by atoms with Crippen molar-refractivity contribution < 1.29 is 27.9 Å². The lowest BCUT2D eigenvalue weighted by Gasteiger charge is -2.23. The average Bonchev–Trinajstić information content (AvgIpc) is 2.41. The summed E-state index contributed by atoms with van der Waals surface area (Å²) in [7, 11) is 0. The van der Waals surface area contributed by atoms with Crippen molar-refractivity contribution in [3.05, 3.63) is 29.6 Å². The third kappa shape index (κ3) is 4.37. The van der Waals surface area contributed by atoms with Crippen LogP contribution in [0.1, 0.15) is 13.8 Å². The number of urea groups is 1. The number of aliphatic carboxylic acids is 1. The summed E-state index contributed by atoms with van der Waals surface area (Å²) < 4.78 is 38.9. The Morgan fingerprint density at radius 3 is 2.24 bits per heavy atom. The lowest BCUT2D eigenvalue weighted by molar-refractivity contribution is -0.141. The van der Waals surface area contributed by atoms with E-state index in [1.807, 2.05) is 0 Å². The fourth-order valence-corrected chi connectivity index (χ4v) is 1.59. The summed E-state index contributed by atoms with van der Waals surface area (Å²) in [5.74, 6) is -6.34. The summed E-state index contributed by atoms with van der Waals surface area (Å²) >= 11 is 0. The molecule has 0 aromatic heterocycles. The number of carboxylic acid groups (broad SMARTS) is 1. The lowest BCUT2D eigenvalue weighted by Crippen LogP contribution is -2.39. The number of carboxylic acids is 1. The van der Waals surface area contributed by atoms with Crippen molar-refractivity contribution in [2.45, 2.75) is 13.8 Å². The number of carbonyl (C=O) groups excluding carboxylic acids is 1. The molecule has 1 atom stereocenters. The first kappa shape index (κ1) is 16.8. The van der Waals surface area contributed by atoms with Crippen molar-refractivity contribution in [2.24, 2.45) is 5.92 Å². The van der Waals surface area contributed by atoms with Crippen LogP contribution < -0.4 is 5.32 Å². The van der Waals surface area contributed by atoms with Gasteiger partial charge < -0.3 is 15.3 Å². The van der Waals surface area contributed by atoms with Crippen LogP contribution in [0.25, 0.3) is 0 Å². The molecule has 2 N–H and O–H groups in total. The highest BCUT2D eigenvalue weighted by Crippen LogP contribution is 2.18. The maximum Gasteiger partial charge on any atom is 0.321 e. The van der Waals surface area contributed by atoms with Gasteiger partial charge in [-0.1, -0.05) is 6.92 Å². The minimum atomic E-state index is -1.63. The Morgan fingerprint density at radius 1 is 1.29 bits per heavy atom. The minimum absolute atomic E-state index is 0.0656. The third-order valence-electron chi connectivity index (χ3n) is 2.82. The van der Waals surface area contributed by atoms with Gasteiger partial charge in [0.15, 0.2) is 17.5 Å². The van der Waals surface area contributed by atoms with Gasteiger partial charge in [-0.2, -0.15) is 0 Å². The minimum Gasteiger partial charge on any atom is -0.481 e. The summed E-state index contributed by atoms with van der Waals surface area (Å²) in [6, 6.07) is 0.561. The monoisotopic (exact) mass is 304 g/mol. The molecule has 0 fully saturated rings. The number of benzene rings is 1. The molecule has 0 saturated heterocycles. The highest BCUT2D eigenvalue weighted by molar-refractivity contribution is 5.89. The first-order valence-corrected chi connectivity index (χ1v) is 6.19. The fraction of sp³-hybridized carbons (Fsp3) is 0.385. The number of anilines is 1. The zero-order chi connectivity index (χ0) is 16.2. The van der Waals surface area contributed by atoms with Crippen LogP contribution >= 0.6 is 0 Å². The van der Waals surface area contributed by atoms with Gasteiger partial charge in [0.05, 0.1) is 5.92 Å². The second-order valence-electron chi connectivity index (χ2n) is 4.46. The first-order valence-electron chi connectivity index (χ1n) is 6.19. The van der Waals surface area contributed by atoms with Crippen molar-refractivity contribution in [1.82, 2.24) is 4.90 Å². The maximum absolute atomic E-state index is 13.0. The number of hydrogen-bond donors (Lipinski definition) is 2. The number of hydrogen-bond acceptors (Lipinski definition) is 2. The van der Waals surface area contributed by atoms with E-state index in [4.69, 9.17) is 5.11 Å². The van der Waals surface area contributed by atoms with Gasteiger partial charge in [-0.15, -0.1) is 0 Å². The molecule has 0 aliphatic carbocycles. The molecule has 1 aromatic carbocycles. The SMILES string of the molecule is CCN(CC(C)C(=O)O)C(=O)Nc1cc(F)c(F)c(F)c1. The van der Waals surface area contributed by atoms with Crippen molar-refractivity contribution in [3.8, 4) is 0 Å². The van der Waals surface area contributed by atoms with Crippen molar-refractivity contribution in [2.75, 3.05) is 18.4 Å². The van der Waals surface area contributed by atoms with Gasteiger partial charge in [-0.25, -0.2) is 18.0 Å². The molecular weight excluding hydrogens is 289 g/mol. The quantitative estimate of drug-likeness (QED) is 0.822. The number of halogens is 3. The zero-order valence-electron chi connectivity index (χ0n) is 11.5. The molecule has 1 aromatic rings. The first-order chi connectivity index (χ1) is 9.76. The highest BCUT2D eigenvalue weighted by Gasteiger charge is 2.20. The second-order valence-corrected chi connectivity index (χ2v) is 4.46. The van der Waals surface area contributed by atoms with Crippen molar-refractivity contribution in [1.29, 1.82) is 0 Å². The van der Waals surface area contributed by atoms with Crippen LogP contribution in [0.5, 0.6) is 0 Å². The van der Waals surface area contributed by atoms with E-state index in [2.05, 4.69) is 5.32 Å². The highest BCUT2D eigenvalue weighted by atomic mass is 19.2. The molecule has 5 nitrogen and oxygen atoms in total. The Bertz CT molecular complexity index is 528. The lowest BCUT2D eigenvalue weighted by atomic mass is 10.2. The standard InChI is InChI=1S/C13H15F3N2O3/c1-3-18(6-7(2)12(19)20)13(21)17-8-4-9(14)11(16)10(15)5-8/h4-5,7H,3,6H2,1-2H3,(H,17,21)(H,19,20). The van der Waals surface area contributed by atoms with Crippen LogP contribution in [0.15, 0.2) is 12.1 Å². The predicted octanol–water partition coefficient (Wildman–Crippen LogP) is 2.68. The third-order valence-corrected chi connectivity index (χ3v) is 2.82. The summed E-state index contributed by atoms with van der Waals surface area (Å²) in [5, 5.41) is 11.0. The normalized spacial score (nSPS) is 11.9. The van der Waals surface area contributed by atoms with E-state index >= 15 is 0 Å². The van der Waals surface area contributed by atoms with Crippen LogP contribution in [-0.2, 0) is 4.79 Å². The Kier molecular flexibility index (Phi) is 5.57. The number of carbonyl (C=O) groups is 2. The molecule has 0 spiro atoms. The number of rotatable bonds is 5. The Balaban J connectivity index is 2.81. The van der Waals surface area contributed by atoms with Gasteiger partial charge in [0.2, 0.25) is 0 Å². The molecule has 21 heavy (non-hydrogen) atoms. The molecule has 0 saturated carbocycles. The smallest absolute Gasteiger partial charge is 0.321 e. The van der Waals surface area contributed by atoms with Crippen molar-refractivity contribution in [3.63, 3.8) is 0 Å². The molecule has 0 heterocycles. The summed E-state index contributed by atoms with van der Waals surface area (Å²) in [6.45, 7) is 3.19. The van der Waals surface area contributed by atoms with Crippen molar-refractivity contribution >= 4 is 17.7 Å². The van der Waals surface area contributed by atoms with E-state index < -0.39 is 35.4 Å². The van der Waals surface area contributed by atoms with Crippen LogP contribution in [0.4, 0.5) is 23.7 Å². The van der Waals surface area contributed by atoms with E-state index in [0.717, 1.165) is 4.90 Å². The molecule has 1 rings (SSSR count). The van der Waals surface area contributed by atoms with E-state index in [0.29, 0.717) is 12.1 Å². The molecule has 0 radical (unpaired) electrons. The maximum atomic E-state index is 13.0. The molecular formula is C13H15F3N2O3. The predicted molar refractivity (Wildman–Crippen MR) is 69.4 cm³/mol. The van der Waals surface area contributed by atoms with Gasteiger partial charge in [-0.3, -0.25) is 4.79 Å². The Labute approximate surface area is 119 Å². The van der Waals surface area contributed by atoms with Crippen LogP contribution in [0.2, 0.25) is 0 Å². The Morgan fingerprint density at radius 2 is 1.81 bits per heavy atom. The van der Waals surface area contributed by atoms with E-state index in [-0.39, 0.29) is 18.8 Å². The van der Waals surface area contributed by atoms with Crippen LogP contribution in [0, 0.1) is 23.4 Å². The Hall–Kier alpha value is -2.25. The average molecular weight is 304 g/mol. The van der Waals surface area contributed by atoms with E-state index in [9.17, 15) is 22.8 Å². The van der Waals surface area contributed by atoms with Crippen LogP contribution in [-0.4, -0.2) is 35.1 Å². The molecule has 0 aliphatic rings. The molecule has 8 heteroatoms. The molecule has 116 valence electrons. The number of amides is 2. The summed E-state index contributed by atoms with van der Waals surface area (Å²) in [4.78, 5) is 23.8. The second kappa shape index (κ2) is 6.96. The summed E-state index contributed by atoms with van der Waals surface area (Å²) in [5.41, 5.74) is -0.252. The van der Waals surface area contributed by atoms with Gasteiger partial charge in [-0.05, 0) is 6.92 Å². The van der Waals surface area contributed by atoms with Gasteiger partial charge >= 0.3 is 12.0 Å². The zero-order valence-corrected chi connectivity index (χ0v) is 11.5. The van der Waals surface area contributed by atoms with E-state index in [1.165, 1.54) is 6.92 Å².